The van der Waals surface area contributed by atoms with Crippen LogP contribution in [0.15, 0.2) is 78.9 Å². The molecular formula is C21H21N3O. The third-order valence-corrected chi connectivity index (χ3v) is 3.74. The Kier molecular flexibility index (Phi) is 5.32. The lowest BCUT2D eigenvalue weighted by molar-refractivity contribution is 0.251. The first-order valence-corrected chi connectivity index (χ1v) is 8.21. The molecule has 3 N–H and O–H groups in total. The number of rotatable bonds is 5. The Hall–Kier alpha value is -3.27. The number of anilines is 3. The van der Waals surface area contributed by atoms with E-state index in [-0.39, 0.29) is 6.03 Å². The topological polar surface area (TPSA) is 53.2 Å². The Morgan fingerprint density at radius 1 is 0.800 bits per heavy atom. The molecular weight excluding hydrogens is 310 g/mol. The van der Waals surface area contributed by atoms with Crippen molar-refractivity contribution in [3.05, 3.63) is 90.0 Å². The van der Waals surface area contributed by atoms with Crippen molar-refractivity contribution >= 4 is 23.1 Å². The third kappa shape index (κ3) is 5.11. The van der Waals surface area contributed by atoms with E-state index in [1.165, 1.54) is 5.56 Å². The summed E-state index contributed by atoms with van der Waals surface area (Å²) < 4.78 is 0. The summed E-state index contributed by atoms with van der Waals surface area (Å²) in [7, 11) is 0. The number of nitrogens with one attached hydrogen (secondary N) is 3. The van der Waals surface area contributed by atoms with Crippen LogP contribution in [0, 0.1) is 6.92 Å². The molecule has 0 spiro atoms. The number of urea groups is 1. The van der Waals surface area contributed by atoms with Crippen LogP contribution in [0.4, 0.5) is 21.9 Å². The van der Waals surface area contributed by atoms with Gasteiger partial charge in [-0.15, -0.1) is 0 Å². The number of hydrogen-bond acceptors (Lipinski definition) is 2. The van der Waals surface area contributed by atoms with Gasteiger partial charge in [-0.3, -0.25) is 0 Å². The van der Waals surface area contributed by atoms with Crippen molar-refractivity contribution in [1.82, 2.24) is 5.32 Å². The van der Waals surface area contributed by atoms with Crippen molar-refractivity contribution in [1.29, 1.82) is 0 Å². The predicted molar refractivity (Wildman–Crippen MR) is 103 cm³/mol. The van der Waals surface area contributed by atoms with E-state index in [0.717, 1.165) is 22.6 Å². The monoisotopic (exact) mass is 331 g/mol. The number of carbonyl (C=O) groups excluding carboxylic acids is 1. The maximum atomic E-state index is 12.0. The van der Waals surface area contributed by atoms with Crippen LogP contribution in [0.1, 0.15) is 11.1 Å². The highest BCUT2D eigenvalue weighted by molar-refractivity contribution is 5.89. The summed E-state index contributed by atoms with van der Waals surface area (Å²) in [4.78, 5) is 12.0. The number of hydrogen-bond donors (Lipinski definition) is 3. The first kappa shape index (κ1) is 16.6. The Morgan fingerprint density at radius 3 is 2.20 bits per heavy atom. The number of carbonyl (C=O) groups is 1. The molecule has 0 bridgehead atoms. The highest BCUT2D eigenvalue weighted by atomic mass is 16.2. The molecule has 0 aliphatic heterocycles. The zero-order valence-corrected chi connectivity index (χ0v) is 14.1. The molecule has 0 heterocycles. The molecule has 3 aromatic rings. The first-order valence-electron chi connectivity index (χ1n) is 8.21. The molecule has 2 amide bonds. The summed E-state index contributed by atoms with van der Waals surface area (Å²) in [6.07, 6.45) is 0. The molecule has 3 rings (SSSR count). The minimum atomic E-state index is -0.217. The molecule has 0 aliphatic carbocycles. The Morgan fingerprint density at radius 2 is 1.48 bits per heavy atom. The lowest BCUT2D eigenvalue weighted by Crippen LogP contribution is -2.28. The highest BCUT2D eigenvalue weighted by Crippen LogP contribution is 2.18. The molecule has 0 aromatic heterocycles. The van der Waals surface area contributed by atoms with Gasteiger partial charge in [-0.1, -0.05) is 48.0 Å². The Labute approximate surface area is 147 Å². The second-order valence-corrected chi connectivity index (χ2v) is 5.87. The number of benzene rings is 3. The number of para-hydroxylation sites is 1. The fourth-order valence-corrected chi connectivity index (χ4v) is 2.50. The number of aryl methyl sites for hydroxylation is 1. The molecule has 25 heavy (non-hydrogen) atoms. The van der Waals surface area contributed by atoms with Crippen LogP contribution in [0.25, 0.3) is 0 Å². The Bertz CT molecular complexity index is 829. The lowest BCUT2D eigenvalue weighted by atomic mass is 10.1. The van der Waals surface area contributed by atoms with Gasteiger partial charge in [-0.25, -0.2) is 4.79 Å². The molecule has 0 atom stereocenters. The van der Waals surface area contributed by atoms with E-state index in [0.29, 0.717) is 6.54 Å². The SMILES string of the molecule is Cc1cccc(CNC(=O)Nc2ccc(Nc3ccccc3)cc2)c1. The van der Waals surface area contributed by atoms with Gasteiger partial charge in [-0.05, 0) is 48.9 Å². The van der Waals surface area contributed by atoms with E-state index in [1.54, 1.807) is 0 Å². The van der Waals surface area contributed by atoms with Crippen LogP contribution in [-0.4, -0.2) is 6.03 Å². The standard InChI is InChI=1S/C21H21N3O/c1-16-6-5-7-17(14-16)15-22-21(25)24-20-12-10-19(11-13-20)23-18-8-3-2-4-9-18/h2-14,23H,15H2,1H3,(H2,22,24,25). The second-order valence-electron chi connectivity index (χ2n) is 5.87. The zero-order valence-electron chi connectivity index (χ0n) is 14.1. The van der Waals surface area contributed by atoms with E-state index in [4.69, 9.17) is 0 Å². The van der Waals surface area contributed by atoms with Crippen molar-refractivity contribution in [3.8, 4) is 0 Å². The van der Waals surface area contributed by atoms with Crippen LogP contribution >= 0.6 is 0 Å². The fraction of sp³-hybridized carbons (Fsp3) is 0.0952. The Balaban J connectivity index is 1.51. The van der Waals surface area contributed by atoms with E-state index >= 15 is 0 Å². The quantitative estimate of drug-likeness (QED) is 0.612. The molecule has 0 saturated carbocycles. The normalized spacial score (nSPS) is 10.1. The lowest BCUT2D eigenvalue weighted by Gasteiger charge is -2.10. The van der Waals surface area contributed by atoms with Crippen LogP contribution in [0.2, 0.25) is 0 Å². The minimum absolute atomic E-state index is 0.217. The van der Waals surface area contributed by atoms with Crippen molar-refractivity contribution < 1.29 is 4.79 Å². The highest BCUT2D eigenvalue weighted by Gasteiger charge is 2.02. The van der Waals surface area contributed by atoms with E-state index < -0.39 is 0 Å². The summed E-state index contributed by atoms with van der Waals surface area (Å²) in [6.45, 7) is 2.54. The maximum Gasteiger partial charge on any atom is 0.319 e. The van der Waals surface area contributed by atoms with Gasteiger partial charge < -0.3 is 16.0 Å². The largest absolute Gasteiger partial charge is 0.356 e. The molecule has 4 heteroatoms. The zero-order chi connectivity index (χ0) is 17.5. The van der Waals surface area contributed by atoms with Gasteiger partial charge in [0, 0.05) is 23.6 Å². The summed E-state index contributed by atoms with van der Waals surface area (Å²) in [5.41, 5.74) is 5.01. The average Bonchev–Trinajstić information content (AvgIpc) is 2.63. The minimum Gasteiger partial charge on any atom is -0.356 e. The maximum absolute atomic E-state index is 12.0. The molecule has 0 aliphatic rings. The summed E-state index contributed by atoms with van der Waals surface area (Å²) in [5, 5.41) is 9.01. The molecule has 0 saturated heterocycles. The second kappa shape index (κ2) is 8.02. The third-order valence-electron chi connectivity index (χ3n) is 3.74. The smallest absolute Gasteiger partial charge is 0.319 e. The van der Waals surface area contributed by atoms with Crippen LogP contribution in [-0.2, 0) is 6.54 Å². The first-order chi connectivity index (χ1) is 12.2. The molecule has 0 unspecified atom stereocenters. The van der Waals surface area contributed by atoms with Crippen LogP contribution in [0.3, 0.4) is 0 Å². The average molecular weight is 331 g/mol. The summed E-state index contributed by atoms with van der Waals surface area (Å²) in [6, 6.07) is 25.4. The number of amides is 2. The van der Waals surface area contributed by atoms with E-state index in [2.05, 4.69) is 22.0 Å². The molecule has 126 valence electrons. The van der Waals surface area contributed by atoms with Gasteiger partial charge in [0.25, 0.3) is 0 Å². The van der Waals surface area contributed by atoms with Crippen LogP contribution in [0.5, 0.6) is 0 Å². The molecule has 0 fully saturated rings. The van der Waals surface area contributed by atoms with Gasteiger partial charge in [-0.2, -0.15) is 0 Å². The van der Waals surface area contributed by atoms with Crippen molar-refractivity contribution in [2.24, 2.45) is 0 Å². The van der Waals surface area contributed by atoms with Gasteiger partial charge >= 0.3 is 6.03 Å². The van der Waals surface area contributed by atoms with Gasteiger partial charge in [0.2, 0.25) is 0 Å². The van der Waals surface area contributed by atoms with E-state index in [1.807, 2.05) is 79.7 Å². The predicted octanol–water partition coefficient (Wildman–Crippen LogP) is 5.06. The molecule has 0 radical (unpaired) electrons. The summed E-state index contributed by atoms with van der Waals surface area (Å²) >= 11 is 0. The molecule has 4 nitrogen and oxygen atoms in total. The van der Waals surface area contributed by atoms with Gasteiger partial charge in [0.15, 0.2) is 0 Å². The van der Waals surface area contributed by atoms with Crippen molar-refractivity contribution in [2.75, 3.05) is 10.6 Å². The van der Waals surface area contributed by atoms with Gasteiger partial charge in [0.1, 0.15) is 0 Å². The summed E-state index contributed by atoms with van der Waals surface area (Å²) in [5.74, 6) is 0. The van der Waals surface area contributed by atoms with Gasteiger partial charge in [0.05, 0.1) is 0 Å². The van der Waals surface area contributed by atoms with E-state index in [9.17, 15) is 4.79 Å². The van der Waals surface area contributed by atoms with Crippen molar-refractivity contribution in [3.63, 3.8) is 0 Å². The molecule has 3 aromatic carbocycles. The van der Waals surface area contributed by atoms with Crippen LogP contribution < -0.4 is 16.0 Å². The van der Waals surface area contributed by atoms with Crippen molar-refractivity contribution in [2.45, 2.75) is 13.5 Å². The fourth-order valence-electron chi connectivity index (χ4n) is 2.50.